The van der Waals surface area contributed by atoms with Gasteiger partial charge < -0.3 is 9.16 Å². The number of benzene rings is 3. The summed E-state index contributed by atoms with van der Waals surface area (Å²) < 4.78 is 12.7. The zero-order chi connectivity index (χ0) is 29.4. The van der Waals surface area contributed by atoms with Gasteiger partial charge in [0.2, 0.25) is 5.78 Å². The molecule has 0 bridgehead atoms. The third kappa shape index (κ3) is 10.4. The zero-order valence-electron chi connectivity index (χ0n) is 25.5. The lowest BCUT2D eigenvalue weighted by molar-refractivity contribution is -0.113. The van der Waals surface area contributed by atoms with Crippen molar-refractivity contribution in [2.24, 2.45) is 0 Å². The van der Waals surface area contributed by atoms with E-state index in [9.17, 15) is 4.79 Å². The quantitative estimate of drug-likeness (QED) is 0.0764. The van der Waals surface area contributed by atoms with Crippen LogP contribution in [-0.4, -0.2) is 26.8 Å². The first-order valence-electron chi connectivity index (χ1n) is 15.3. The first-order valence-corrected chi connectivity index (χ1v) is 17.2. The molecule has 0 radical (unpaired) electrons. The van der Waals surface area contributed by atoms with Crippen molar-refractivity contribution in [1.29, 1.82) is 0 Å². The number of Topliss-reactive ketones (excluding diaryl/α,β-unsaturated/α-hetero) is 1. The van der Waals surface area contributed by atoms with E-state index in [1.165, 1.54) is 41.6 Å². The molecule has 0 saturated heterocycles. The third-order valence-electron chi connectivity index (χ3n) is 7.49. The molecule has 1 unspecified atom stereocenters. The molecule has 3 aromatic carbocycles. The molecule has 0 N–H and O–H groups in total. The molecular weight excluding hydrogens is 520 g/mol. The number of hydrogen-bond acceptors (Lipinski definition) is 3. The summed E-state index contributed by atoms with van der Waals surface area (Å²) in [4.78, 5) is 12.6. The van der Waals surface area contributed by atoms with Crippen LogP contribution in [0, 0.1) is 11.8 Å². The molecule has 218 valence electrons. The van der Waals surface area contributed by atoms with Crippen LogP contribution in [0.1, 0.15) is 84.6 Å². The van der Waals surface area contributed by atoms with E-state index in [2.05, 4.69) is 93.3 Å². The summed E-state index contributed by atoms with van der Waals surface area (Å²) in [6, 6.07) is 31.4. The Bertz CT molecular complexity index is 1170. The van der Waals surface area contributed by atoms with Crippen molar-refractivity contribution in [1.82, 2.24) is 0 Å². The predicted molar refractivity (Wildman–Crippen MR) is 174 cm³/mol. The minimum absolute atomic E-state index is 0.0125. The third-order valence-corrected chi connectivity index (χ3v) is 12.6. The Balaban J connectivity index is 1.40. The highest BCUT2D eigenvalue weighted by Gasteiger charge is 2.50. The van der Waals surface area contributed by atoms with E-state index in [4.69, 9.17) is 9.16 Å². The molecule has 0 saturated carbocycles. The molecule has 3 nitrogen and oxygen atoms in total. The van der Waals surface area contributed by atoms with Crippen LogP contribution < -0.4 is 10.4 Å². The maximum atomic E-state index is 12.6. The predicted octanol–water partition coefficient (Wildman–Crippen LogP) is 7.86. The van der Waals surface area contributed by atoms with Crippen molar-refractivity contribution < 1.29 is 14.0 Å². The average Bonchev–Trinajstić information content (AvgIpc) is 2.98. The van der Waals surface area contributed by atoms with Crippen molar-refractivity contribution in [3.05, 3.63) is 96.6 Å². The molecule has 0 aliphatic heterocycles. The van der Waals surface area contributed by atoms with Gasteiger partial charge in [-0.3, -0.25) is 4.79 Å². The van der Waals surface area contributed by atoms with E-state index in [1.54, 1.807) is 0 Å². The molecule has 0 aliphatic rings. The molecule has 41 heavy (non-hydrogen) atoms. The van der Waals surface area contributed by atoms with Gasteiger partial charge in [-0.2, -0.15) is 0 Å². The topological polar surface area (TPSA) is 35.5 Å². The maximum Gasteiger partial charge on any atom is 0.262 e. The monoisotopic (exact) mass is 568 g/mol. The van der Waals surface area contributed by atoms with Gasteiger partial charge in [0.15, 0.2) is 0 Å². The van der Waals surface area contributed by atoms with Crippen LogP contribution in [0.4, 0.5) is 0 Å². The van der Waals surface area contributed by atoms with Gasteiger partial charge in [-0.05, 0) is 46.7 Å². The van der Waals surface area contributed by atoms with Gasteiger partial charge in [0.1, 0.15) is 6.10 Å². The highest BCUT2D eigenvalue weighted by molar-refractivity contribution is 6.99. The fourth-order valence-electron chi connectivity index (χ4n) is 5.37. The second-order valence-corrected chi connectivity index (χ2v) is 16.1. The van der Waals surface area contributed by atoms with Crippen molar-refractivity contribution in [2.75, 3.05) is 6.61 Å². The molecule has 1 atom stereocenters. The summed E-state index contributed by atoms with van der Waals surface area (Å²) in [5.74, 6) is 6.06. The normalized spacial score (nSPS) is 12.4. The standard InChI is InChI=1S/C37H48O3Si/c1-32(40-41(37(2,3)4,35-24-16-11-17-25-35)36-26-18-12-19-27-36)28-29-34(38)23-15-8-6-5-7-9-20-30-39-31-33-21-13-10-14-22-33/h10-14,16-19,21-22,24-27,32H,5-9,15,20,23,30-31H2,1-4H3. The van der Waals surface area contributed by atoms with Crippen LogP contribution in [-0.2, 0) is 20.6 Å². The molecule has 0 fully saturated rings. The molecule has 0 heterocycles. The fourth-order valence-corrected chi connectivity index (χ4v) is 9.97. The number of ether oxygens (including phenoxy) is 1. The van der Waals surface area contributed by atoms with Crippen LogP contribution in [0.5, 0.6) is 0 Å². The molecule has 0 amide bonds. The Morgan fingerprint density at radius 2 is 1.22 bits per heavy atom. The van der Waals surface area contributed by atoms with E-state index in [1.807, 2.05) is 37.3 Å². The van der Waals surface area contributed by atoms with Crippen LogP contribution in [0.3, 0.4) is 0 Å². The Hall–Kier alpha value is -2.97. The van der Waals surface area contributed by atoms with E-state index >= 15 is 0 Å². The van der Waals surface area contributed by atoms with E-state index < -0.39 is 8.32 Å². The van der Waals surface area contributed by atoms with Gasteiger partial charge in [0, 0.05) is 13.0 Å². The van der Waals surface area contributed by atoms with Gasteiger partial charge in [-0.1, -0.05) is 150 Å². The van der Waals surface area contributed by atoms with Crippen LogP contribution in [0.2, 0.25) is 5.04 Å². The largest absolute Gasteiger partial charge is 0.394 e. The lowest BCUT2D eigenvalue weighted by Crippen LogP contribution is -2.67. The first-order chi connectivity index (χ1) is 19.8. The van der Waals surface area contributed by atoms with Gasteiger partial charge >= 0.3 is 0 Å². The Kier molecular flexibility index (Phi) is 13.6. The summed E-state index contributed by atoms with van der Waals surface area (Å²) in [6.45, 7) is 10.3. The van der Waals surface area contributed by atoms with Gasteiger partial charge in [-0.15, -0.1) is 0 Å². The van der Waals surface area contributed by atoms with Crippen molar-refractivity contribution in [3.63, 3.8) is 0 Å². The Morgan fingerprint density at radius 3 is 1.76 bits per heavy atom. The molecule has 3 rings (SSSR count). The summed E-state index contributed by atoms with van der Waals surface area (Å²) in [5.41, 5.74) is 1.23. The lowest BCUT2D eigenvalue weighted by Gasteiger charge is -2.43. The van der Waals surface area contributed by atoms with Gasteiger partial charge in [0.25, 0.3) is 8.32 Å². The van der Waals surface area contributed by atoms with Crippen molar-refractivity contribution >= 4 is 24.5 Å². The number of unbranched alkanes of at least 4 members (excludes halogenated alkanes) is 6. The summed E-state index contributed by atoms with van der Waals surface area (Å²) in [7, 11) is -2.68. The molecule has 4 heteroatoms. The van der Waals surface area contributed by atoms with E-state index in [-0.39, 0.29) is 16.9 Å². The second-order valence-electron chi connectivity index (χ2n) is 11.9. The number of rotatable bonds is 16. The van der Waals surface area contributed by atoms with E-state index in [0.717, 1.165) is 25.9 Å². The molecular formula is C37H48O3Si. The van der Waals surface area contributed by atoms with Gasteiger partial charge in [0.05, 0.1) is 6.61 Å². The van der Waals surface area contributed by atoms with Crippen molar-refractivity contribution in [3.8, 4) is 11.8 Å². The smallest absolute Gasteiger partial charge is 0.262 e. The number of carbonyl (C=O) groups is 1. The molecule has 0 aliphatic carbocycles. The van der Waals surface area contributed by atoms with Crippen LogP contribution in [0.15, 0.2) is 91.0 Å². The lowest BCUT2D eigenvalue weighted by atomic mass is 10.1. The second kappa shape index (κ2) is 17.1. The minimum atomic E-state index is -2.68. The molecule has 0 aromatic heterocycles. The summed E-state index contributed by atoms with van der Waals surface area (Å²) in [6.07, 6.45) is 8.05. The highest BCUT2D eigenvalue weighted by Crippen LogP contribution is 2.37. The van der Waals surface area contributed by atoms with Crippen LogP contribution >= 0.6 is 0 Å². The number of carbonyl (C=O) groups excluding carboxylic acids is 1. The Morgan fingerprint density at radius 1 is 0.732 bits per heavy atom. The van der Waals surface area contributed by atoms with Crippen molar-refractivity contribution in [2.45, 2.75) is 96.8 Å². The van der Waals surface area contributed by atoms with Crippen LogP contribution in [0.25, 0.3) is 0 Å². The number of hydrogen-bond donors (Lipinski definition) is 0. The zero-order valence-corrected chi connectivity index (χ0v) is 26.5. The minimum Gasteiger partial charge on any atom is -0.394 e. The summed E-state index contributed by atoms with van der Waals surface area (Å²) >= 11 is 0. The molecule has 3 aromatic rings. The number of ketones is 1. The fraction of sp³-hybridized carbons (Fsp3) is 0.432. The summed E-state index contributed by atoms with van der Waals surface area (Å²) in [5, 5.41) is 2.32. The first kappa shape index (κ1) is 32.5. The highest BCUT2D eigenvalue weighted by atomic mass is 28.4. The SMILES string of the molecule is CC(C#CC(=O)CCCCCCCCCOCc1ccccc1)O[Si](c1ccccc1)(c1ccccc1)C(C)(C)C. The van der Waals surface area contributed by atoms with Gasteiger partial charge in [-0.25, -0.2) is 0 Å². The van der Waals surface area contributed by atoms with E-state index in [0.29, 0.717) is 13.0 Å². The average molecular weight is 569 g/mol. The Labute approximate surface area is 249 Å². The maximum absolute atomic E-state index is 12.6. The molecule has 0 spiro atoms.